The van der Waals surface area contributed by atoms with E-state index >= 15 is 0 Å². The smallest absolute Gasteiger partial charge is 0.247 e. The number of aromatic nitrogens is 5. The Labute approximate surface area is 125 Å². The summed E-state index contributed by atoms with van der Waals surface area (Å²) in [6.45, 7) is 0.511. The van der Waals surface area contributed by atoms with E-state index in [1.165, 1.54) is 0 Å². The Morgan fingerprint density at radius 1 is 1.27 bits per heavy atom. The molecule has 4 aromatic rings. The third-order valence-electron chi connectivity index (χ3n) is 3.42. The molecule has 0 aliphatic carbocycles. The van der Waals surface area contributed by atoms with Gasteiger partial charge in [0, 0.05) is 24.4 Å². The summed E-state index contributed by atoms with van der Waals surface area (Å²) < 4.78 is 6.87. The van der Waals surface area contributed by atoms with Gasteiger partial charge in [0.05, 0.1) is 17.8 Å². The molecule has 0 saturated heterocycles. The van der Waals surface area contributed by atoms with Crippen molar-refractivity contribution < 1.29 is 4.74 Å². The number of fused-ring (bicyclic) bond motifs is 2. The summed E-state index contributed by atoms with van der Waals surface area (Å²) in [6, 6.07) is 11.7. The van der Waals surface area contributed by atoms with Crippen LogP contribution in [-0.2, 0) is 11.3 Å². The number of H-pyrrole nitrogens is 1. The highest BCUT2D eigenvalue weighted by molar-refractivity contribution is 5.85. The number of benzene rings is 1. The number of anilines is 2. The van der Waals surface area contributed by atoms with Gasteiger partial charge in [-0.15, -0.1) is 5.10 Å². The number of hydrogen-bond donors (Lipinski definition) is 2. The third-order valence-corrected chi connectivity index (χ3v) is 3.42. The molecule has 22 heavy (non-hydrogen) atoms. The number of methoxy groups -OCH3 is 1. The Balaban J connectivity index is 1.66. The van der Waals surface area contributed by atoms with Crippen LogP contribution >= 0.6 is 0 Å². The van der Waals surface area contributed by atoms with Crippen LogP contribution in [0.4, 0.5) is 11.6 Å². The van der Waals surface area contributed by atoms with E-state index in [2.05, 4.69) is 25.6 Å². The van der Waals surface area contributed by atoms with Crippen molar-refractivity contribution in [3.63, 3.8) is 0 Å². The third kappa shape index (κ3) is 2.17. The molecule has 4 rings (SSSR count). The molecule has 0 atom stereocenters. The maximum Gasteiger partial charge on any atom is 0.247 e. The van der Waals surface area contributed by atoms with E-state index < -0.39 is 0 Å². The summed E-state index contributed by atoms with van der Waals surface area (Å²) >= 11 is 0. The van der Waals surface area contributed by atoms with Gasteiger partial charge in [0.2, 0.25) is 5.95 Å². The van der Waals surface area contributed by atoms with Gasteiger partial charge in [-0.2, -0.15) is 10.1 Å². The van der Waals surface area contributed by atoms with Crippen molar-refractivity contribution in [2.45, 2.75) is 6.61 Å². The van der Waals surface area contributed by atoms with Gasteiger partial charge in [0.25, 0.3) is 0 Å². The summed E-state index contributed by atoms with van der Waals surface area (Å²) in [7, 11) is 1.66. The molecule has 0 amide bonds. The van der Waals surface area contributed by atoms with E-state index in [0.29, 0.717) is 12.6 Å². The minimum atomic E-state index is 0.511. The standard InChI is InChI=1S/C15H14N6O/c1-22-9-13-11-6-5-10(8-12(11)18-19-13)16-15-17-14-4-2-3-7-21(14)20-15/h2-8H,9H2,1H3,(H,16,20)(H,18,19). The van der Waals surface area contributed by atoms with E-state index in [0.717, 1.165) is 27.9 Å². The van der Waals surface area contributed by atoms with Crippen LogP contribution in [0.5, 0.6) is 0 Å². The summed E-state index contributed by atoms with van der Waals surface area (Å²) in [4.78, 5) is 4.42. The van der Waals surface area contributed by atoms with Gasteiger partial charge in [-0.25, -0.2) is 4.52 Å². The fourth-order valence-corrected chi connectivity index (χ4v) is 2.41. The van der Waals surface area contributed by atoms with Gasteiger partial charge >= 0.3 is 0 Å². The first-order valence-electron chi connectivity index (χ1n) is 6.88. The lowest BCUT2D eigenvalue weighted by Gasteiger charge is -2.01. The average Bonchev–Trinajstić information content (AvgIpc) is 3.11. The van der Waals surface area contributed by atoms with Gasteiger partial charge in [0.15, 0.2) is 5.65 Å². The molecule has 0 aliphatic heterocycles. The normalized spacial score (nSPS) is 11.3. The monoisotopic (exact) mass is 294 g/mol. The summed E-state index contributed by atoms with van der Waals surface area (Å²) in [6.07, 6.45) is 1.86. The van der Waals surface area contributed by atoms with Gasteiger partial charge in [-0.05, 0) is 30.3 Å². The van der Waals surface area contributed by atoms with Crippen molar-refractivity contribution in [3.8, 4) is 0 Å². The molecule has 0 spiro atoms. The molecule has 2 N–H and O–H groups in total. The summed E-state index contributed by atoms with van der Waals surface area (Å²) in [5.74, 6) is 0.554. The quantitative estimate of drug-likeness (QED) is 0.604. The van der Waals surface area contributed by atoms with Crippen molar-refractivity contribution in [1.29, 1.82) is 0 Å². The molecule has 1 aromatic carbocycles. The first kappa shape index (κ1) is 12.8. The molecule has 7 nitrogen and oxygen atoms in total. The summed E-state index contributed by atoms with van der Waals surface area (Å²) in [5.41, 5.74) is 3.53. The maximum atomic E-state index is 5.14. The van der Waals surface area contributed by atoms with Crippen molar-refractivity contribution >= 4 is 28.2 Å². The maximum absolute atomic E-state index is 5.14. The Morgan fingerprint density at radius 2 is 2.23 bits per heavy atom. The number of pyridine rings is 1. The second-order valence-electron chi connectivity index (χ2n) is 4.93. The highest BCUT2D eigenvalue weighted by Gasteiger charge is 2.07. The average molecular weight is 294 g/mol. The van der Waals surface area contributed by atoms with Crippen LogP contribution in [0.3, 0.4) is 0 Å². The molecule has 0 aliphatic rings. The SMILES string of the molecule is COCc1[nH]nc2cc(Nc3nc4ccccn4n3)ccc12. The number of hydrogen-bond acceptors (Lipinski definition) is 5. The zero-order valence-electron chi connectivity index (χ0n) is 11.9. The van der Waals surface area contributed by atoms with Gasteiger partial charge in [-0.3, -0.25) is 5.10 Å². The van der Waals surface area contributed by atoms with Crippen LogP contribution < -0.4 is 5.32 Å². The Hall–Kier alpha value is -2.93. The van der Waals surface area contributed by atoms with Crippen molar-refractivity contribution in [3.05, 3.63) is 48.3 Å². The van der Waals surface area contributed by atoms with Gasteiger partial charge in [-0.1, -0.05) is 6.07 Å². The number of aromatic amines is 1. The predicted octanol–water partition coefficient (Wildman–Crippen LogP) is 2.50. The molecule has 0 fully saturated rings. The minimum Gasteiger partial charge on any atom is -0.378 e. The van der Waals surface area contributed by atoms with Crippen molar-refractivity contribution in [2.24, 2.45) is 0 Å². The lowest BCUT2D eigenvalue weighted by Crippen LogP contribution is -1.93. The Bertz CT molecular complexity index is 908. The van der Waals surface area contributed by atoms with Crippen LogP contribution in [0.2, 0.25) is 0 Å². The Kier molecular flexibility index (Phi) is 2.97. The zero-order chi connectivity index (χ0) is 14.9. The van der Waals surface area contributed by atoms with Crippen LogP contribution in [-0.4, -0.2) is 31.9 Å². The van der Waals surface area contributed by atoms with Crippen molar-refractivity contribution in [1.82, 2.24) is 24.8 Å². The molecule has 7 heteroatoms. The van der Waals surface area contributed by atoms with Crippen molar-refractivity contribution in [2.75, 3.05) is 12.4 Å². The number of rotatable bonds is 4. The fourth-order valence-electron chi connectivity index (χ4n) is 2.41. The van der Waals surface area contributed by atoms with Crippen LogP contribution in [0.1, 0.15) is 5.69 Å². The lowest BCUT2D eigenvalue weighted by atomic mass is 10.2. The second kappa shape index (κ2) is 5.12. The van der Waals surface area contributed by atoms with E-state index in [1.54, 1.807) is 11.6 Å². The summed E-state index contributed by atoms with van der Waals surface area (Å²) in [5, 5.41) is 15.9. The topological polar surface area (TPSA) is 80.1 Å². The van der Waals surface area contributed by atoms with Crippen LogP contribution in [0.15, 0.2) is 42.6 Å². The number of nitrogens with one attached hydrogen (secondary N) is 2. The fraction of sp³-hybridized carbons (Fsp3) is 0.133. The van der Waals surface area contributed by atoms with Crippen LogP contribution in [0, 0.1) is 0 Å². The molecular formula is C15H14N6O. The van der Waals surface area contributed by atoms with E-state index in [-0.39, 0.29) is 0 Å². The first-order valence-corrected chi connectivity index (χ1v) is 6.88. The molecule has 110 valence electrons. The molecule has 0 saturated carbocycles. The van der Waals surface area contributed by atoms with Crippen LogP contribution in [0.25, 0.3) is 16.6 Å². The number of ether oxygens (including phenoxy) is 1. The lowest BCUT2D eigenvalue weighted by molar-refractivity contribution is 0.182. The van der Waals surface area contributed by atoms with Gasteiger partial charge in [0.1, 0.15) is 0 Å². The highest BCUT2D eigenvalue weighted by atomic mass is 16.5. The molecular weight excluding hydrogens is 280 g/mol. The largest absolute Gasteiger partial charge is 0.378 e. The molecule has 0 radical (unpaired) electrons. The molecule has 3 heterocycles. The predicted molar refractivity (Wildman–Crippen MR) is 83.1 cm³/mol. The molecule has 3 aromatic heterocycles. The Morgan fingerprint density at radius 3 is 3.09 bits per heavy atom. The number of nitrogens with zero attached hydrogens (tertiary/aromatic N) is 4. The molecule has 0 bridgehead atoms. The zero-order valence-corrected chi connectivity index (χ0v) is 11.9. The van der Waals surface area contributed by atoms with Gasteiger partial charge < -0.3 is 10.1 Å². The second-order valence-corrected chi connectivity index (χ2v) is 4.93. The van der Waals surface area contributed by atoms with E-state index in [4.69, 9.17) is 4.74 Å². The molecule has 0 unspecified atom stereocenters. The first-order chi connectivity index (χ1) is 10.8. The minimum absolute atomic E-state index is 0.511. The van der Waals surface area contributed by atoms with E-state index in [9.17, 15) is 0 Å². The highest BCUT2D eigenvalue weighted by Crippen LogP contribution is 2.22. The van der Waals surface area contributed by atoms with E-state index in [1.807, 2.05) is 42.6 Å².